The lowest BCUT2D eigenvalue weighted by Crippen LogP contribution is -2.12. The Hall–Kier alpha value is -1.30. The van der Waals surface area contributed by atoms with E-state index in [4.69, 9.17) is 5.26 Å². The van der Waals surface area contributed by atoms with Crippen LogP contribution in [0.1, 0.15) is 19.4 Å². The maximum atomic E-state index is 8.77. The number of hydrogen-bond acceptors (Lipinski definition) is 2. The molecule has 0 spiro atoms. The van der Waals surface area contributed by atoms with Gasteiger partial charge in [-0.1, -0.05) is 0 Å². The fourth-order valence-corrected chi connectivity index (χ4v) is 0.809. The molecule has 1 rings (SSSR count). The first-order valence-corrected chi connectivity index (χ1v) is 3.46. The minimum Gasteiger partial charge on any atom is -0.275 e. The molecule has 3 nitrogen and oxygen atoms in total. The van der Waals surface area contributed by atoms with Crippen LogP contribution < -0.4 is 0 Å². The summed E-state index contributed by atoms with van der Waals surface area (Å²) >= 11 is 0. The fraction of sp³-hybridized carbons (Fsp3) is 0.500. The zero-order chi connectivity index (χ0) is 8.48. The second-order valence-electron chi connectivity index (χ2n) is 3.14. The summed E-state index contributed by atoms with van der Waals surface area (Å²) in [5, 5.41) is 12.8. The summed E-state index contributed by atoms with van der Waals surface area (Å²) in [5.74, 6) is 0. The van der Waals surface area contributed by atoms with Crippen molar-refractivity contribution in [2.75, 3.05) is 0 Å². The van der Waals surface area contributed by atoms with Gasteiger partial charge in [0.15, 0.2) is 0 Å². The van der Waals surface area contributed by atoms with Crippen LogP contribution in [0.15, 0.2) is 12.4 Å². The molecule has 1 heterocycles. The zero-order valence-electron chi connectivity index (χ0n) is 7.00. The molecular formula is C8H11N3. The average molecular weight is 149 g/mol. The molecule has 0 aliphatic carbocycles. The van der Waals surface area contributed by atoms with Crippen LogP contribution >= 0.6 is 0 Å². The van der Waals surface area contributed by atoms with E-state index in [0.717, 1.165) is 5.56 Å². The highest BCUT2D eigenvalue weighted by molar-refractivity contribution is 5.24. The van der Waals surface area contributed by atoms with E-state index in [1.165, 1.54) is 0 Å². The number of aryl methyl sites for hydroxylation is 1. The first-order valence-electron chi connectivity index (χ1n) is 3.46. The molecule has 0 fully saturated rings. The molecule has 0 amide bonds. The van der Waals surface area contributed by atoms with Gasteiger partial charge in [-0.15, -0.1) is 0 Å². The van der Waals surface area contributed by atoms with Gasteiger partial charge in [0.1, 0.15) is 0 Å². The third kappa shape index (κ3) is 1.40. The Morgan fingerprint density at radius 2 is 2.27 bits per heavy atom. The quantitative estimate of drug-likeness (QED) is 0.602. The summed E-state index contributed by atoms with van der Waals surface area (Å²) in [5.41, 5.74) is 0.538. The van der Waals surface area contributed by atoms with E-state index in [2.05, 4.69) is 11.2 Å². The van der Waals surface area contributed by atoms with Gasteiger partial charge in [-0.2, -0.15) is 10.4 Å². The van der Waals surface area contributed by atoms with E-state index in [-0.39, 0.29) is 0 Å². The third-order valence-electron chi connectivity index (χ3n) is 1.71. The highest BCUT2D eigenvalue weighted by Crippen LogP contribution is 2.20. The van der Waals surface area contributed by atoms with Crippen LogP contribution in [-0.2, 0) is 12.5 Å². The van der Waals surface area contributed by atoms with Crippen molar-refractivity contribution in [3.05, 3.63) is 18.0 Å². The van der Waals surface area contributed by atoms with Gasteiger partial charge in [0.2, 0.25) is 0 Å². The Morgan fingerprint density at radius 3 is 2.64 bits per heavy atom. The van der Waals surface area contributed by atoms with Gasteiger partial charge >= 0.3 is 0 Å². The van der Waals surface area contributed by atoms with E-state index < -0.39 is 5.41 Å². The molecule has 11 heavy (non-hydrogen) atoms. The van der Waals surface area contributed by atoms with Crippen LogP contribution in [0, 0.1) is 11.3 Å². The first kappa shape index (κ1) is 7.80. The molecule has 0 unspecified atom stereocenters. The highest BCUT2D eigenvalue weighted by atomic mass is 15.2. The number of rotatable bonds is 1. The molecule has 0 aliphatic rings. The summed E-state index contributed by atoms with van der Waals surface area (Å²) in [4.78, 5) is 0. The summed E-state index contributed by atoms with van der Waals surface area (Å²) < 4.78 is 1.70. The van der Waals surface area contributed by atoms with Crippen molar-refractivity contribution in [1.82, 2.24) is 9.78 Å². The molecule has 58 valence electrons. The number of aromatic nitrogens is 2. The lowest BCUT2D eigenvalue weighted by atomic mass is 9.89. The molecule has 0 bridgehead atoms. The molecule has 1 aromatic heterocycles. The Labute approximate surface area is 66.3 Å². The van der Waals surface area contributed by atoms with E-state index in [1.807, 2.05) is 27.1 Å². The maximum Gasteiger partial charge on any atom is 0.0796 e. The van der Waals surface area contributed by atoms with Gasteiger partial charge in [-0.3, -0.25) is 4.68 Å². The summed E-state index contributed by atoms with van der Waals surface area (Å²) in [6.07, 6.45) is 3.59. The minimum absolute atomic E-state index is 0.422. The van der Waals surface area contributed by atoms with Gasteiger partial charge < -0.3 is 0 Å². The molecule has 3 heteroatoms. The topological polar surface area (TPSA) is 41.6 Å². The SMILES string of the molecule is Cn1cc(C(C)(C)C#N)cn1. The van der Waals surface area contributed by atoms with Crippen molar-refractivity contribution in [3.8, 4) is 6.07 Å². The van der Waals surface area contributed by atoms with Crippen LogP contribution in [0.2, 0.25) is 0 Å². The van der Waals surface area contributed by atoms with Crippen molar-refractivity contribution in [1.29, 1.82) is 5.26 Å². The number of hydrogen-bond donors (Lipinski definition) is 0. The van der Waals surface area contributed by atoms with Crippen molar-refractivity contribution < 1.29 is 0 Å². The van der Waals surface area contributed by atoms with Crippen LogP contribution in [0.5, 0.6) is 0 Å². The molecule has 0 N–H and O–H groups in total. The van der Waals surface area contributed by atoms with E-state index in [1.54, 1.807) is 10.9 Å². The Balaban J connectivity index is 3.04. The smallest absolute Gasteiger partial charge is 0.0796 e. The highest BCUT2D eigenvalue weighted by Gasteiger charge is 2.20. The largest absolute Gasteiger partial charge is 0.275 e. The van der Waals surface area contributed by atoms with Gasteiger partial charge in [-0.25, -0.2) is 0 Å². The van der Waals surface area contributed by atoms with E-state index in [9.17, 15) is 0 Å². The minimum atomic E-state index is -0.422. The zero-order valence-corrected chi connectivity index (χ0v) is 7.00. The predicted molar refractivity (Wildman–Crippen MR) is 41.8 cm³/mol. The summed E-state index contributed by atoms with van der Waals surface area (Å²) in [7, 11) is 1.84. The van der Waals surface area contributed by atoms with E-state index in [0.29, 0.717) is 0 Å². The summed E-state index contributed by atoms with van der Waals surface area (Å²) in [6.45, 7) is 3.76. The number of nitriles is 1. The first-order chi connectivity index (χ1) is 5.06. The maximum absolute atomic E-state index is 8.77. The Bertz CT molecular complexity index is 291. The monoisotopic (exact) mass is 149 g/mol. The third-order valence-corrected chi connectivity index (χ3v) is 1.71. The van der Waals surface area contributed by atoms with Crippen molar-refractivity contribution >= 4 is 0 Å². The summed E-state index contributed by atoms with van der Waals surface area (Å²) in [6, 6.07) is 2.22. The molecule has 0 aromatic carbocycles. The molecule has 0 aliphatic heterocycles. The Morgan fingerprint density at radius 1 is 1.64 bits per heavy atom. The molecule has 0 atom stereocenters. The standard InChI is InChI=1S/C8H11N3/c1-8(2,6-9)7-4-10-11(3)5-7/h4-5H,1-3H3. The molecular weight excluding hydrogens is 138 g/mol. The van der Waals surface area contributed by atoms with Gasteiger partial charge in [0.05, 0.1) is 17.7 Å². The van der Waals surface area contributed by atoms with Crippen molar-refractivity contribution in [2.24, 2.45) is 7.05 Å². The lowest BCUT2D eigenvalue weighted by molar-refractivity contribution is 0.684. The second-order valence-corrected chi connectivity index (χ2v) is 3.14. The lowest BCUT2D eigenvalue weighted by Gasteiger charge is -2.10. The van der Waals surface area contributed by atoms with Gasteiger partial charge in [0, 0.05) is 18.8 Å². The van der Waals surface area contributed by atoms with Crippen molar-refractivity contribution in [3.63, 3.8) is 0 Å². The fourth-order valence-electron chi connectivity index (χ4n) is 0.809. The van der Waals surface area contributed by atoms with Crippen molar-refractivity contribution in [2.45, 2.75) is 19.3 Å². The second kappa shape index (κ2) is 2.39. The normalized spacial score (nSPS) is 11.1. The van der Waals surface area contributed by atoms with Crippen LogP contribution in [0.4, 0.5) is 0 Å². The molecule has 1 aromatic rings. The van der Waals surface area contributed by atoms with Crippen LogP contribution in [0.25, 0.3) is 0 Å². The molecule has 0 radical (unpaired) electrons. The predicted octanol–water partition coefficient (Wildman–Crippen LogP) is 1.22. The molecule has 0 saturated heterocycles. The van der Waals surface area contributed by atoms with E-state index >= 15 is 0 Å². The molecule has 0 saturated carbocycles. The van der Waals surface area contributed by atoms with Gasteiger partial charge in [0.25, 0.3) is 0 Å². The average Bonchev–Trinajstić information content (AvgIpc) is 2.36. The number of nitrogens with zero attached hydrogens (tertiary/aromatic N) is 3. The van der Waals surface area contributed by atoms with Crippen LogP contribution in [0.3, 0.4) is 0 Å². The van der Waals surface area contributed by atoms with Gasteiger partial charge in [-0.05, 0) is 13.8 Å². The van der Waals surface area contributed by atoms with Crippen LogP contribution in [-0.4, -0.2) is 9.78 Å². The Kier molecular flexibility index (Phi) is 1.69.